The Kier molecular flexibility index (Phi) is 4.20. The third kappa shape index (κ3) is 3.13. The number of anilines is 1. The number of nitrogens with zero attached hydrogens (tertiary/aromatic N) is 3. The number of halogens is 2. The number of hydrogen-bond donors (Lipinski definition) is 1. The van der Waals surface area contributed by atoms with Crippen molar-refractivity contribution in [1.29, 1.82) is 0 Å². The van der Waals surface area contributed by atoms with E-state index in [1.54, 1.807) is 0 Å². The zero-order chi connectivity index (χ0) is 17.7. The van der Waals surface area contributed by atoms with E-state index in [1.807, 2.05) is 17.9 Å². The molecule has 3 aliphatic rings. The van der Waals surface area contributed by atoms with Crippen LogP contribution in [0.5, 0.6) is 0 Å². The number of aryl methyl sites for hydroxylation is 1. The van der Waals surface area contributed by atoms with Crippen LogP contribution in [-0.4, -0.2) is 46.1 Å². The third-order valence-corrected chi connectivity index (χ3v) is 6.06. The molecule has 0 aromatic carbocycles. The first-order chi connectivity index (χ1) is 11.9. The van der Waals surface area contributed by atoms with Crippen LogP contribution in [0, 0.1) is 24.7 Å². The molecule has 1 aliphatic carbocycles. The molecule has 138 valence electrons. The Balaban J connectivity index is 1.48. The summed E-state index contributed by atoms with van der Waals surface area (Å²) >= 11 is 0. The number of hydrogen-bond acceptors (Lipinski definition) is 3. The average Bonchev–Trinajstić information content (AvgIpc) is 3.19. The highest BCUT2D eigenvalue weighted by Gasteiger charge is 2.44. The summed E-state index contributed by atoms with van der Waals surface area (Å²) in [6, 6.07) is 0.915. The van der Waals surface area contributed by atoms with Crippen LogP contribution in [0.1, 0.15) is 44.3 Å². The van der Waals surface area contributed by atoms with Gasteiger partial charge in [0.25, 0.3) is 6.43 Å². The maximum Gasteiger partial charge on any atom is 0.260 e. The number of nitrogens with one attached hydrogen (secondary N) is 1. The molecule has 1 aromatic rings. The van der Waals surface area contributed by atoms with Gasteiger partial charge in [-0.05, 0) is 44.4 Å². The van der Waals surface area contributed by atoms with Crippen molar-refractivity contribution < 1.29 is 13.6 Å². The van der Waals surface area contributed by atoms with E-state index in [0.29, 0.717) is 24.7 Å². The predicted octanol–water partition coefficient (Wildman–Crippen LogP) is 3.08. The minimum atomic E-state index is -2.43. The smallest absolute Gasteiger partial charge is 0.260 e. The van der Waals surface area contributed by atoms with Crippen molar-refractivity contribution in [2.24, 2.45) is 17.8 Å². The number of alkyl halides is 2. The van der Waals surface area contributed by atoms with E-state index in [1.165, 1.54) is 4.68 Å². The second-order valence-electron chi connectivity index (χ2n) is 8.01. The molecule has 2 fully saturated rings. The molecule has 5 nitrogen and oxygen atoms in total. The van der Waals surface area contributed by atoms with Crippen molar-refractivity contribution in [1.82, 2.24) is 14.7 Å². The van der Waals surface area contributed by atoms with Crippen LogP contribution in [0.4, 0.5) is 14.6 Å². The van der Waals surface area contributed by atoms with Gasteiger partial charge in [-0.25, -0.2) is 13.5 Å². The fourth-order valence-electron chi connectivity index (χ4n) is 4.45. The Morgan fingerprint density at radius 1 is 1.40 bits per heavy atom. The van der Waals surface area contributed by atoms with E-state index in [-0.39, 0.29) is 23.8 Å². The Labute approximate surface area is 146 Å². The highest BCUT2D eigenvalue weighted by atomic mass is 19.3. The van der Waals surface area contributed by atoms with E-state index in [4.69, 9.17) is 0 Å². The molecule has 0 unspecified atom stereocenters. The van der Waals surface area contributed by atoms with E-state index in [2.05, 4.69) is 17.3 Å². The lowest BCUT2D eigenvalue weighted by Gasteiger charge is -2.41. The van der Waals surface area contributed by atoms with Crippen molar-refractivity contribution in [2.75, 3.05) is 18.4 Å². The molecule has 1 aromatic heterocycles. The minimum Gasteiger partial charge on any atom is -0.367 e. The maximum atomic E-state index is 13.6. The first-order valence-corrected chi connectivity index (χ1v) is 9.33. The van der Waals surface area contributed by atoms with Gasteiger partial charge < -0.3 is 10.2 Å². The maximum absolute atomic E-state index is 13.6. The molecule has 0 spiro atoms. The first kappa shape index (κ1) is 16.8. The lowest BCUT2D eigenvalue weighted by molar-refractivity contribution is -0.134. The summed E-state index contributed by atoms with van der Waals surface area (Å²) in [6.45, 7) is 5.43. The summed E-state index contributed by atoms with van der Waals surface area (Å²) < 4.78 is 28.6. The van der Waals surface area contributed by atoms with Gasteiger partial charge in [-0.2, -0.15) is 5.10 Å². The van der Waals surface area contributed by atoms with Crippen LogP contribution in [0.25, 0.3) is 0 Å². The van der Waals surface area contributed by atoms with Gasteiger partial charge >= 0.3 is 0 Å². The Morgan fingerprint density at radius 2 is 2.16 bits per heavy atom. The van der Waals surface area contributed by atoms with Gasteiger partial charge in [0.15, 0.2) is 0 Å². The standard InChI is InChI=1S/C18H26F2N4O/c1-10-6-13(10)18(25)23-5-3-4-12(9-23)14-8-15(17(19)20)24-16(21-14)7-11(2)22-24/h7,10,12-15,17,21H,3-6,8-9H2,1-2H3/t10-,12-,13+,14-,15+/m0/s1. The quantitative estimate of drug-likeness (QED) is 0.910. The molecule has 0 bridgehead atoms. The first-order valence-electron chi connectivity index (χ1n) is 9.33. The Morgan fingerprint density at radius 3 is 2.84 bits per heavy atom. The van der Waals surface area contributed by atoms with Crippen LogP contribution in [0.15, 0.2) is 6.07 Å². The number of amides is 1. The van der Waals surface area contributed by atoms with Gasteiger partial charge in [-0.3, -0.25) is 4.79 Å². The Bertz CT molecular complexity index is 662. The topological polar surface area (TPSA) is 50.2 Å². The SMILES string of the molecule is Cc1cc2n(n1)[C@@H](C(F)F)C[C@@H]([C@H]1CCCN(C(=O)[C@@H]3C[C@@H]3C)C1)N2. The highest BCUT2D eigenvalue weighted by Crippen LogP contribution is 2.41. The second kappa shape index (κ2) is 6.25. The molecule has 5 atom stereocenters. The fourth-order valence-corrected chi connectivity index (χ4v) is 4.45. The van der Waals surface area contributed by atoms with E-state index in [9.17, 15) is 13.6 Å². The molecule has 0 radical (unpaired) electrons. The summed E-state index contributed by atoms with van der Waals surface area (Å²) in [6.07, 6.45) is 0.848. The van der Waals surface area contributed by atoms with Crippen LogP contribution in [-0.2, 0) is 4.79 Å². The largest absolute Gasteiger partial charge is 0.367 e. The molecule has 1 saturated heterocycles. The molecule has 1 saturated carbocycles. The van der Waals surface area contributed by atoms with Crippen molar-refractivity contribution in [3.63, 3.8) is 0 Å². The fraction of sp³-hybridized carbons (Fsp3) is 0.778. The number of aromatic nitrogens is 2. The van der Waals surface area contributed by atoms with E-state index in [0.717, 1.165) is 31.5 Å². The zero-order valence-electron chi connectivity index (χ0n) is 14.8. The lowest BCUT2D eigenvalue weighted by Crippen LogP contribution is -2.48. The average molecular weight is 352 g/mol. The highest BCUT2D eigenvalue weighted by molar-refractivity contribution is 5.81. The van der Waals surface area contributed by atoms with Crippen molar-refractivity contribution >= 4 is 11.7 Å². The monoisotopic (exact) mass is 352 g/mol. The van der Waals surface area contributed by atoms with Crippen LogP contribution in [0.2, 0.25) is 0 Å². The molecular weight excluding hydrogens is 326 g/mol. The lowest BCUT2D eigenvalue weighted by atomic mass is 9.85. The van der Waals surface area contributed by atoms with Gasteiger partial charge in [0, 0.05) is 31.1 Å². The van der Waals surface area contributed by atoms with Gasteiger partial charge in [0.2, 0.25) is 5.91 Å². The zero-order valence-corrected chi connectivity index (χ0v) is 14.8. The van der Waals surface area contributed by atoms with E-state index >= 15 is 0 Å². The van der Waals surface area contributed by atoms with Gasteiger partial charge in [-0.1, -0.05) is 6.92 Å². The summed E-state index contributed by atoms with van der Waals surface area (Å²) in [5.41, 5.74) is 0.747. The second-order valence-corrected chi connectivity index (χ2v) is 8.01. The minimum absolute atomic E-state index is 0.0326. The molecular formula is C18H26F2N4O. The van der Waals surface area contributed by atoms with Crippen molar-refractivity contribution in [2.45, 2.75) is 58.0 Å². The van der Waals surface area contributed by atoms with E-state index < -0.39 is 12.5 Å². The number of carbonyl (C=O) groups excluding carboxylic acids is 1. The van der Waals surface area contributed by atoms with Crippen LogP contribution < -0.4 is 5.32 Å². The predicted molar refractivity (Wildman–Crippen MR) is 90.6 cm³/mol. The summed E-state index contributed by atoms with van der Waals surface area (Å²) in [7, 11) is 0. The third-order valence-electron chi connectivity index (χ3n) is 6.06. The number of piperidine rings is 1. The molecule has 1 N–H and O–H groups in total. The number of fused-ring (bicyclic) bond motifs is 1. The molecule has 4 rings (SSSR count). The van der Waals surface area contributed by atoms with Gasteiger partial charge in [0.1, 0.15) is 11.9 Å². The molecule has 7 heteroatoms. The molecule has 2 aliphatic heterocycles. The number of carbonyl (C=O) groups is 1. The van der Waals surface area contributed by atoms with Crippen LogP contribution >= 0.6 is 0 Å². The summed E-state index contributed by atoms with van der Waals surface area (Å²) in [5, 5.41) is 7.64. The van der Waals surface area contributed by atoms with Gasteiger partial charge in [-0.15, -0.1) is 0 Å². The summed E-state index contributed by atoms with van der Waals surface area (Å²) in [5.74, 6) is 1.85. The molecule has 25 heavy (non-hydrogen) atoms. The number of likely N-dealkylation sites (tertiary alicyclic amines) is 1. The Hall–Kier alpha value is -1.66. The number of rotatable bonds is 3. The van der Waals surface area contributed by atoms with Gasteiger partial charge in [0.05, 0.1) is 5.69 Å². The normalized spacial score (nSPS) is 34.6. The van der Waals surface area contributed by atoms with Crippen molar-refractivity contribution in [3.8, 4) is 0 Å². The molecule has 3 heterocycles. The van der Waals surface area contributed by atoms with Crippen molar-refractivity contribution in [3.05, 3.63) is 11.8 Å². The summed E-state index contributed by atoms with van der Waals surface area (Å²) in [4.78, 5) is 14.5. The molecule has 1 amide bonds. The van der Waals surface area contributed by atoms with Crippen LogP contribution in [0.3, 0.4) is 0 Å².